The summed E-state index contributed by atoms with van der Waals surface area (Å²) in [5.74, 6) is 2.71. The Morgan fingerprint density at radius 1 is 0.941 bits per heavy atom. The number of furan rings is 1. The lowest BCUT2D eigenvalue weighted by Gasteiger charge is -2.35. The molecule has 8 heteroatoms. The molecule has 3 aliphatic heterocycles. The molecule has 0 saturated carbocycles. The predicted octanol–water partition coefficient (Wildman–Crippen LogP) is 3.65. The highest BCUT2D eigenvalue weighted by Crippen LogP contribution is 2.40. The Bertz CT molecular complexity index is 1260. The van der Waals surface area contributed by atoms with Crippen LogP contribution >= 0.6 is 0 Å². The van der Waals surface area contributed by atoms with Gasteiger partial charge in [-0.1, -0.05) is 6.07 Å². The van der Waals surface area contributed by atoms with Gasteiger partial charge in [0.1, 0.15) is 17.3 Å². The van der Waals surface area contributed by atoms with Crippen LogP contribution in [-0.2, 0) is 13.1 Å². The predicted molar refractivity (Wildman–Crippen MR) is 123 cm³/mol. The Morgan fingerprint density at radius 2 is 1.74 bits per heavy atom. The van der Waals surface area contributed by atoms with Crippen molar-refractivity contribution in [3.63, 3.8) is 0 Å². The number of piperazine rings is 1. The number of ketones is 1. The van der Waals surface area contributed by atoms with Crippen molar-refractivity contribution in [2.75, 3.05) is 33.0 Å². The minimum Gasteiger partial charge on any atom is -0.507 e. The largest absolute Gasteiger partial charge is 0.507 e. The summed E-state index contributed by atoms with van der Waals surface area (Å²) in [5, 5.41) is 10.6. The van der Waals surface area contributed by atoms with Gasteiger partial charge in [-0.3, -0.25) is 14.6 Å². The molecule has 2 aromatic carbocycles. The number of nitrogens with zero attached hydrogens (tertiary/aromatic N) is 2. The first kappa shape index (κ1) is 20.8. The Kier molecular flexibility index (Phi) is 5.24. The fraction of sp³-hybridized carbons (Fsp3) is 0.269. The third-order valence-electron chi connectivity index (χ3n) is 6.42. The summed E-state index contributed by atoms with van der Waals surface area (Å²) in [6.07, 6.45) is 3.13. The second-order valence-corrected chi connectivity index (χ2v) is 8.64. The first-order valence-electron chi connectivity index (χ1n) is 11.3. The van der Waals surface area contributed by atoms with Crippen LogP contribution in [-0.4, -0.2) is 53.7 Å². The third kappa shape index (κ3) is 3.91. The van der Waals surface area contributed by atoms with Gasteiger partial charge in [-0.2, -0.15) is 0 Å². The summed E-state index contributed by atoms with van der Waals surface area (Å²) >= 11 is 0. The van der Waals surface area contributed by atoms with E-state index in [1.165, 1.54) is 5.56 Å². The van der Waals surface area contributed by atoms with Gasteiger partial charge >= 0.3 is 0 Å². The minimum absolute atomic E-state index is 0.133. The number of carbonyl (C=O) groups is 1. The van der Waals surface area contributed by atoms with E-state index < -0.39 is 0 Å². The van der Waals surface area contributed by atoms with Crippen molar-refractivity contribution in [3.05, 3.63) is 76.9 Å². The lowest BCUT2D eigenvalue weighted by atomic mass is 10.0. The average Bonchev–Trinajstić information content (AvgIpc) is 3.59. The summed E-state index contributed by atoms with van der Waals surface area (Å²) in [6.45, 7) is 5.11. The van der Waals surface area contributed by atoms with Crippen molar-refractivity contribution in [1.82, 2.24) is 9.80 Å². The van der Waals surface area contributed by atoms with Crippen LogP contribution in [0, 0.1) is 0 Å². The van der Waals surface area contributed by atoms with E-state index >= 15 is 0 Å². The molecule has 1 saturated heterocycles. The topological polar surface area (TPSA) is 84.6 Å². The lowest BCUT2D eigenvalue weighted by molar-refractivity contribution is 0.101. The van der Waals surface area contributed by atoms with Gasteiger partial charge in [-0.25, -0.2) is 0 Å². The highest BCUT2D eigenvalue weighted by molar-refractivity contribution is 6.14. The molecule has 0 aliphatic carbocycles. The van der Waals surface area contributed by atoms with E-state index in [2.05, 4.69) is 15.9 Å². The van der Waals surface area contributed by atoms with E-state index in [9.17, 15) is 9.90 Å². The van der Waals surface area contributed by atoms with Crippen LogP contribution in [0.25, 0.3) is 6.08 Å². The number of Topliss-reactive ketones (excluding diaryl/α,β-unsaturated/α-hetero) is 1. The Morgan fingerprint density at radius 3 is 2.53 bits per heavy atom. The Labute approximate surface area is 196 Å². The molecule has 0 bridgehead atoms. The third-order valence-corrected chi connectivity index (χ3v) is 6.42. The Hall–Kier alpha value is -3.75. The number of phenols is 1. The van der Waals surface area contributed by atoms with Gasteiger partial charge in [0.2, 0.25) is 12.6 Å². The number of hydrogen-bond acceptors (Lipinski definition) is 8. The van der Waals surface area contributed by atoms with Crippen molar-refractivity contribution in [3.8, 4) is 23.0 Å². The van der Waals surface area contributed by atoms with E-state index in [1.54, 1.807) is 36.6 Å². The quantitative estimate of drug-likeness (QED) is 0.578. The molecule has 174 valence electrons. The van der Waals surface area contributed by atoms with Gasteiger partial charge in [-0.15, -0.1) is 0 Å². The molecule has 1 N–H and O–H groups in total. The van der Waals surface area contributed by atoms with Crippen molar-refractivity contribution in [1.29, 1.82) is 0 Å². The van der Waals surface area contributed by atoms with Gasteiger partial charge in [0.15, 0.2) is 17.3 Å². The molecule has 0 radical (unpaired) electrons. The molecule has 6 rings (SSSR count). The van der Waals surface area contributed by atoms with Crippen LogP contribution < -0.4 is 14.2 Å². The SMILES string of the molecule is O=C1/C(=C/c2ccco2)Oc2c1ccc(O)c2CN1CCN(Cc2ccc3c(c2)OCO3)CC1. The van der Waals surface area contributed by atoms with Crippen molar-refractivity contribution in [2.45, 2.75) is 13.1 Å². The number of ether oxygens (including phenoxy) is 3. The molecule has 0 amide bonds. The summed E-state index contributed by atoms with van der Waals surface area (Å²) in [7, 11) is 0. The zero-order valence-corrected chi connectivity index (χ0v) is 18.5. The molecule has 0 spiro atoms. The normalized spacial score (nSPS) is 18.9. The number of carbonyl (C=O) groups excluding carboxylic acids is 1. The molecule has 0 atom stereocenters. The maximum atomic E-state index is 12.8. The maximum absolute atomic E-state index is 12.8. The molecular weight excluding hydrogens is 436 g/mol. The van der Waals surface area contributed by atoms with E-state index in [4.69, 9.17) is 18.6 Å². The number of phenolic OH excluding ortho intramolecular Hbond substituents is 1. The minimum atomic E-state index is -0.207. The molecular formula is C26H24N2O6. The molecule has 1 aromatic heterocycles. The van der Waals surface area contributed by atoms with Crippen LogP contribution in [0.5, 0.6) is 23.0 Å². The highest BCUT2D eigenvalue weighted by atomic mass is 16.7. The van der Waals surface area contributed by atoms with Crippen molar-refractivity contribution in [2.24, 2.45) is 0 Å². The fourth-order valence-electron chi connectivity index (χ4n) is 4.58. The fourth-order valence-corrected chi connectivity index (χ4v) is 4.58. The number of fused-ring (bicyclic) bond motifs is 2. The molecule has 4 heterocycles. The molecule has 3 aromatic rings. The van der Waals surface area contributed by atoms with E-state index in [0.717, 1.165) is 44.2 Å². The van der Waals surface area contributed by atoms with Gasteiger partial charge in [-0.05, 0) is 42.0 Å². The average molecular weight is 460 g/mol. The lowest BCUT2D eigenvalue weighted by Crippen LogP contribution is -2.45. The van der Waals surface area contributed by atoms with E-state index in [-0.39, 0.29) is 24.1 Å². The number of benzene rings is 2. The number of hydrogen-bond donors (Lipinski definition) is 1. The summed E-state index contributed by atoms with van der Waals surface area (Å²) in [6, 6.07) is 12.8. The van der Waals surface area contributed by atoms with Gasteiger partial charge in [0, 0.05) is 45.3 Å². The second kappa shape index (κ2) is 8.55. The number of allylic oxidation sites excluding steroid dienone is 1. The standard InChI is InChI=1S/C26H24N2O6/c29-21-5-4-19-25(30)24(13-18-2-1-11-31-18)34-26(19)20(21)15-28-9-7-27(8-10-28)14-17-3-6-22-23(12-17)33-16-32-22/h1-6,11-13,29H,7-10,14-16H2/b24-13-. The molecule has 8 nitrogen and oxygen atoms in total. The van der Waals surface area contributed by atoms with Crippen LogP contribution in [0.2, 0.25) is 0 Å². The summed E-state index contributed by atoms with van der Waals surface area (Å²) < 4.78 is 22.1. The van der Waals surface area contributed by atoms with Crippen LogP contribution in [0.1, 0.15) is 27.2 Å². The maximum Gasteiger partial charge on any atom is 0.232 e. The monoisotopic (exact) mass is 460 g/mol. The first-order chi connectivity index (χ1) is 16.6. The summed E-state index contributed by atoms with van der Waals surface area (Å²) in [4.78, 5) is 17.5. The zero-order valence-electron chi connectivity index (χ0n) is 18.5. The highest BCUT2D eigenvalue weighted by Gasteiger charge is 2.32. The van der Waals surface area contributed by atoms with Gasteiger partial charge < -0.3 is 23.7 Å². The van der Waals surface area contributed by atoms with Crippen LogP contribution in [0.3, 0.4) is 0 Å². The number of aromatic hydroxyl groups is 1. The smallest absolute Gasteiger partial charge is 0.232 e. The van der Waals surface area contributed by atoms with Gasteiger partial charge in [0.05, 0.1) is 17.4 Å². The molecule has 3 aliphatic rings. The second-order valence-electron chi connectivity index (χ2n) is 8.64. The van der Waals surface area contributed by atoms with E-state index in [1.807, 2.05) is 12.1 Å². The number of rotatable bonds is 5. The van der Waals surface area contributed by atoms with Crippen molar-refractivity contribution < 1.29 is 28.5 Å². The van der Waals surface area contributed by atoms with Gasteiger partial charge in [0.25, 0.3) is 0 Å². The molecule has 1 fully saturated rings. The van der Waals surface area contributed by atoms with Crippen molar-refractivity contribution >= 4 is 11.9 Å². The summed E-state index contributed by atoms with van der Waals surface area (Å²) in [5.41, 5.74) is 2.30. The zero-order chi connectivity index (χ0) is 23.1. The first-order valence-corrected chi connectivity index (χ1v) is 11.3. The van der Waals surface area contributed by atoms with Crippen LogP contribution in [0.15, 0.2) is 58.9 Å². The molecule has 0 unspecified atom stereocenters. The van der Waals surface area contributed by atoms with E-state index in [0.29, 0.717) is 29.2 Å². The Balaban J connectivity index is 1.12. The molecule has 34 heavy (non-hydrogen) atoms. The van der Waals surface area contributed by atoms with Crippen LogP contribution in [0.4, 0.5) is 0 Å².